The summed E-state index contributed by atoms with van der Waals surface area (Å²) in [7, 11) is 3.47. The van der Waals surface area contributed by atoms with Crippen LogP contribution in [0.3, 0.4) is 0 Å². The molecular weight excluding hydrogens is 609 g/mol. The first kappa shape index (κ1) is 30.2. The number of thiazole rings is 1. The molecular formula is C32H35Cl2N3O5S. The van der Waals surface area contributed by atoms with Gasteiger partial charge in [0, 0.05) is 30.1 Å². The summed E-state index contributed by atoms with van der Waals surface area (Å²) in [4.78, 5) is 19.5. The lowest BCUT2D eigenvalue weighted by Crippen LogP contribution is -2.37. The Bertz CT molecular complexity index is 1600. The van der Waals surface area contributed by atoms with Gasteiger partial charge in [-0.3, -0.25) is 0 Å². The molecule has 2 aliphatic carbocycles. The van der Waals surface area contributed by atoms with Crippen molar-refractivity contribution in [3.05, 3.63) is 57.3 Å². The fourth-order valence-corrected chi connectivity index (χ4v) is 7.35. The highest BCUT2D eigenvalue weighted by molar-refractivity contribution is 7.22. The maximum atomic E-state index is 12.3. The lowest BCUT2D eigenvalue weighted by Gasteiger charge is -2.34. The average molecular weight is 645 g/mol. The highest BCUT2D eigenvalue weighted by Crippen LogP contribution is 2.46. The number of anilines is 1. The van der Waals surface area contributed by atoms with Crippen LogP contribution in [0.4, 0.5) is 5.13 Å². The van der Waals surface area contributed by atoms with Gasteiger partial charge in [-0.05, 0) is 76.6 Å². The minimum absolute atomic E-state index is 0.0508. The van der Waals surface area contributed by atoms with Gasteiger partial charge in [0.2, 0.25) is 0 Å². The third-order valence-corrected chi connectivity index (χ3v) is 9.88. The first-order chi connectivity index (χ1) is 20.7. The third-order valence-electron chi connectivity index (χ3n) is 8.16. The molecule has 0 atom stereocenters. The summed E-state index contributed by atoms with van der Waals surface area (Å²) in [5.41, 5.74) is 3.55. The standard InChI is InChI=1S/C32H35Cl2N3O5S/c1-17(2)41-25-14-19(31(38)39-4)15-26-29(25)35-32(43-26)37(3)20-10-12-21(13-11-20)40-16-22-28(36-42-30(22)18-8-9-18)27-23(33)6-5-7-24(27)34/h5-7,14-15,17-18,20-21H,8-13,16H2,1-4H3/t20-,21+. The zero-order valence-electron chi connectivity index (χ0n) is 24.7. The number of methoxy groups -OCH3 is 1. The molecule has 228 valence electrons. The van der Waals surface area contributed by atoms with Gasteiger partial charge in [-0.2, -0.15) is 0 Å². The number of hydrogen-bond acceptors (Lipinski definition) is 9. The fraction of sp³-hybridized carbons (Fsp3) is 0.469. The van der Waals surface area contributed by atoms with Crippen LogP contribution in [0.2, 0.25) is 10.0 Å². The molecule has 2 saturated carbocycles. The molecule has 2 aromatic carbocycles. The number of aromatic nitrogens is 2. The molecule has 0 amide bonds. The van der Waals surface area contributed by atoms with Crippen LogP contribution in [-0.2, 0) is 16.1 Å². The zero-order chi connectivity index (χ0) is 30.2. The van der Waals surface area contributed by atoms with Crippen molar-refractivity contribution in [3.8, 4) is 17.0 Å². The summed E-state index contributed by atoms with van der Waals surface area (Å²) in [6.07, 6.45) is 6.08. The van der Waals surface area contributed by atoms with Crippen molar-refractivity contribution < 1.29 is 23.5 Å². The molecule has 2 fully saturated rings. The Balaban J connectivity index is 1.14. The summed E-state index contributed by atoms with van der Waals surface area (Å²) in [6, 6.07) is 9.34. The average Bonchev–Trinajstić information content (AvgIpc) is 3.60. The molecule has 0 spiro atoms. The van der Waals surface area contributed by atoms with E-state index in [0.717, 1.165) is 65.2 Å². The quantitative estimate of drug-likeness (QED) is 0.159. The van der Waals surface area contributed by atoms with E-state index in [9.17, 15) is 4.79 Å². The van der Waals surface area contributed by atoms with Gasteiger partial charge in [0.05, 0.1) is 46.2 Å². The van der Waals surface area contributed by atoms with Gasteiger partial charge in [0.15, 0.2) is 5.13 Å². The zero-order valence-corrected chi connectivity index (χ0v) is 27.0. The normalized spacial score (nSPS) is 18.8. The van der Waals surface area contributed by atoms with E-state index in [1.165, 1.54) is 7.11 Å². The molecule has 0 unspecified atom stereocenters. The number of hydrogen-bond donors (Lipinski definition) is 0. The Labute approximate surface area is 265 Å². The minimum Gasteiger partial charge on any atom is -0.489 e. The Morgan fingerprint density at radius 1 is 1.12 bits per heavy atom. The molecule has 11 heteroatoms. The maximum absolute atomic E-state index is 12.3. The Kier molecular flexibility index (Phi) is 8.87. The predicted octanol–water partition coefficient (Wildman–Crippen LogP) is 8.67. The third kappa shape index (κ3) is 6.36. The molecule has 8 nitrogen and oxygen atoms in total. The van der Waals surface area contributed by atoms with Gasteiger partial charge in [0.25, 0.3) is 0 Å². The fourth-order valence-electron chi connectivity index (χ4n) is 5.72. The first-order valence-corrected chi connectivity index (χ1v) is 16.3. The van der Waals surface area contributed by atoms with Crippen LogP contribution in [0.5, 0.6) is 5.75 Å². The van der Waals surface area contributed by atoms with Crippen LogP contribution < -0.4 is 9.64 Å². The van der Waals surface area contributed by atoms with Crippen molar-refractivity contribution in [2.24, 2.45) is 0 Å². The van der Waals surface area contributed by atoms with Gasteiger partial charge >= 0.3 is 5.97 Å². The summed E-state index contributed by atoms with van der Waals surface area (Å²) in [6.45, 7) is 4.33. The summed E-state index contributed by atoms with van der Waals surface area (Å²) in [5.74, 6) is 1.48. The van der Waals surface area contributed by atoms with E-state index in [1.807, 2.05) is 38.1 Å². The number of halogens is 2. The summed E-state index contributed by atoms with van der Waals surface area (Å²) in [5, 5.41) is 6.39. The van der Waals surface area contributed by atoms with Gasteiger partial charge in [-0.15, -0.1) is 0 Å². The topological polar surface area (TPSA) is 86.9 Å². The Morgan fingerprint density at radius 3 is 2.49 bits per heavy atom. The van der Waals surface area contributed by atoms with Crippen molar-refractivity contribution in [1.29, 1.82) is 0 Å². The number of carbonyl (C=O) groups is 1. The number of fused-ring (bicyclic) bond motifs is 1. The lowest BCUT2D eigenvalue weighted by molar-refractivity contribution is 0.0131. The SMILES string of the molecule is COC(=O)c1cc(OC(C)C)c2nc(N(C)[C@H]3CC[C@@H](OCc4c(-c5c(Cl)cccc5Cl)noc4C4CC4)CC3)sc2c1. The highest BCUT2D eigenvalue weighted by atomic mass is 35.5. The largest absolute Gasteiger partial charge is 0.489 e. The molecule has 43 heavy (non-hydrogen) atoms. The van der Waals surface area contributed by atoms with Crippen LogP contribution in [0.1, 0.15) is 80.0 Å². The number of ether oxygens (including phenoxy) is 3. The molecule has 0 saturated heterocycles. The van der Waals surface area contributed by atoms with Crippen molar-refractivity contribution in [2.75, 3.05) is 19.1 Å². The van der Waals surface area contributed by atoms with Crippen molar-refractivity contribution in [3.63, 3.8) is 0 Å². The van der Waals surface area contributed by atoms with Crippen LogP contribution in [0.15, 0.2) is 34.9 Å². The second-order valence-corrected chi connectivity index (χ2v) is 13.4. The van der Waals surface area contributed by atoms with E-state index in [2.05, 4.69) is 17.1 Å². The number of carbonyl (C=O) groups excluding carboxylic acids is 1. The maximum Gasteiger partial charge on any atom is 0.338 e. The van der Waals surface area contributed by atoms with Crippen LogP contribution in [-0.4, -0.2) is 48.5 Å². The number of benzene rings is 2. The van der Waals surface area contributed by atoms with E-state index >= 15 is 0 Å². The molecule has 0 aliphatic heterocycles. The first-order valence-electron chi connectivity index (χ1n) is 14.7. The molecule has 6 rings (SSSR count). The molecule has 0 radical (unpaired) electrons. The predicted molar refractivity (Wildman–Crippen MR) is 170 cm³/mol. The molecule has 2 aliphatic rings. The van der Waals surface area contributed by atoms with E-state index in [4.69, 9.17) is 46.9 Å². The molecule has 0 bridgehead atoms. The number of rotatable bonds is 10. The number of esters is 1. The van der Waals surface area contributed by atoms with Gasteiger partial charge in [0.1, 0.15) is 22.7 Å². The Morgan fingerprint density at radius 2 is 1.84 bits per heavy atom. The minimum atomic E-state index is -0.394. The molecule has 0 N–H and O–H groups in total. The second-order valence-electron chi connectivity index (χ2n) is 11.6. The van der Waals surface area contributed by atoms with E-state index in [0.29, 0.717) is 51.2 Å². The smallest absolute Gasteiger partial charge is 0.338 e. The molecule has 4 aromatic rings. The molecule has 2 aromatic heterocycles. The van der Waals surface area contributed by atoms with Crippen molar-refractivity contribution in [2.45, 2.75) is 83.1 Å². The van der Waals surface area contributed by atoms with E-state index in [-0.39, 0.29) is 12.2 Å². The van der Waals surface area contributed by atoms with Crippen molar-refractivity contribution >= 4 is 55.9 Å². The monoisotopic (exact) mass is 643 g/mol. The summed E-state index contributed by atoms with van der Waals surface area (Å²) >= 11 is 14.6. The van der Waals surface area contributed by atoms with Gasteiger partial charge < -0.3 is 23.6 Å². The number of nitrogens with zero attached hydrogens (tertiary/aromatic N) is 3. The van der Waals surface area contributed by atoms with Gasteiger partial charge in [-0.25, -0.2) is 9.78 Å². The highest BCUT2D eigenvalue weighted by Gasteiger charge is 2.34. The second kappa shape index (κ2) is 12.6. The molecule has 2 heterocycles. The van der Waals surface area contributed by atoms with Crippen LogP contribution >= 0.6 is 34.5 Å². The van der Waals surface area contributed by atoms with Crippen LogP contribution in [0.25, 0.3) is 21.5 Å². The van der Waals surface area contributed by atoms with Gasteiger partial charge in [-0.1, -0.05) is 45.8 Å². The Hall–Kier alpha value is -2.85. The van der Waals surface area contributed by atoms with Crippen molar-refractivity contribution in [1.82, 2.24) is 10.1 Å². The van der Waals surface area contributed by atoms with E-state index < -0.39 is 5.97 Å². The van der Waals surface area contributed by atoms with E-state index in [1.54, 1.807) is 17.4 Å². The summed E-state index contributed by atoms with van der Waals surface area (Å²) < 4.78 is 24.2. The lowest BCUT2D eigenvalue weighted by atomic mass is 9.92. The van der Waals surface area contributed by atoms with Crippen LogP contribution in [0, 0.1) is 0 Å².